The highest BCUT2D eigenvalue weighted by molar-refractivity contribution is 7.20. The zero-order chi connectivity index (χ0) is 14.1. The lowest BCUT2D eigenvalue weighted by atomic mass is 10.00. The highest BCUT2D eigenvalue weighted by Gasteiger charge is 2.17. The molecule has 2 N–H and O–H groups in total. The minimum Gasteiger partial charge on any atom is -0.351 e. The van der Waals surface area contributed by atoms with Gasteiger partial charge in [-0.05, 0) is 44.8 Å². The Bertz CT molecular complexity index is 596. The van der Waals surface area contributed by atoms with Crippen molar-refractivity contribution in [2.75, 3.05) is 19.6 Å². The molecular formula is C14H21ClN4OS. The summed E-state index contributed by atoms with van der Waals surface area (Å²) in [7, 11) is 1.92. The maximum absolute atomic E-state index is 12.2. The fourth-order valence-corrected chi connectivity index (χ4v) is 3.78. The number of amides is 1. The van der Waals surface area contributed by atoms with Gasteiger partial charge in [-0.2, -0.15) is 5.10 Å². The highest BCUT2D eigenvalue weighted by Crippen LogP contribution is 2.27. The number of aromatic nitrogens is 2. The molecule has 5 nitrogen and oxygen atoms in total. The number of hydrogen-bond acceptors (Lipinski definition) is 4. The summed E-state index contributed by atoms with van der Waals surface area (Å²) in [4.78, 5) is 14.1. The number of hydrogen-bond donors (Lipinski definition) is 2. The quantitative estimate of drug-likeness (QED) is 0.907. The Morgan fingerprint density at radius 3 is 3.10 bits per heavy atom. The summed E-state index contributed by atoms with van der Waals surface area (Å²) >= 11 is 1.51. The molecule has 3 rings (SSSR count). The molecule has 0 aromatic carbocycles. The van der Waals surface area contributed by atoms with Crippen molar-refractivity contribution in [3.63, 3.8) is 0 Å². The first-order valence-corrected chi connectivity index (χ1v) is 7.89. The van der Waals surface area contributed by atoms with Crippen LogP contribution in [0, 0.1) is 12.8 Å². The number of nitrogens with one attached hydrogen (secondary N) is 2. The predicted octanol–water partition coefficient (Wildman–Crippen LogP) is 2.09. The van der Waals surface area contributed by atoms with Crippen molar-refractivity contribution in [2.45, 2.75) is 19.8 Å². The minimum absolute atomic E-state index is 0. The second kappa shape index (κ2) is 6.77. The van der Waals surface area contributed by atoms with Crippen molar-refractivity contribution in [1.29, 1.82) is 0 Å². The molecule has 0 spiro atoms. The Morgan fingerprint density at radius 2 is 2.43 bits per heavy atom. The van der Waals surface area contributed by atoms with Gasteiger partial charge in [-0.25, -0.2) is 0 Å². The van der Waals surface area contributed by atoms with Gasteiger partial charge in [0, 0.05) is 19.0 Å². The van der Waals surface area contributed by atoms with Crippen LogP contribution >= 0.6 is 23.7 Å². The van der Waals surface area contributed by atoms with E-state index < -0.39 is 0 Å². The molecule has 21 heavy (non-hydrogen) atoms. The average molecular weight is 329 g/mol. The molecule has 0 radical (unpaired) electrons. The van der Waals surface area contributed by atoms with Gasteiger partial charge in [0.05, 0.1) is 10.6 Å². The molecule has 116 valence electrons. The van der Waals surface area contributed by atoms with Crippen LogP contribution in [0.2, 0.25) is 0 Å². The summed E-state index contributed by atoms with van der Waals surface area (Å²) < 4.78 is 1.84. The molecule has 1 aliphatic heterocycles. The van der Waals surface area contributed by atoms with Gasteiger partial charge in [0.25, 0.3) is 5.91 Å². The molecule has 0 aliphatic carbocycles. The Labute approximate surface area is 134 Å². The zero-order valence-corrected chi connectivity index (χ0v) is 13.9. The molecule has 2 aromatic heterocycles. The molecule has 2 aromatic rings. The maximum Gasteiger partial charge on any atom is 0.261 e. The van der Waals surface area contributed by atoms with Crippen LogP contribution in [0.25, 0.3) is 10.2 Å². The fourth-order valence-electron chi connectivity index (χ4n) is 2.74. The summed E-state index contributed by atoms with van der Waals surface area (Å²) in [5.41, 5.74) is 0.981. The van der Waals surface area contributed by atoms with Gasteiger partial charge in [-0.1, -0.05) is 0 Å². The number of rotatable bonds is 3. The third-order valence-electron chi connectivity index (χ3n) is 3.87. The predicted molar refractivity (Wildman–Crippen MR) is 88.5 cm³/mol. The van der Waals surface area contributed by atoms with E-state index in [0.717, 1.165) is 40.4 Å². The number of piperidine rings is 1. The lowest BCUT2D eigenvalue weighted by molar-refractivity contribution is 0.0949. The third kappa shape index (κ3) is 3.39. The molecule has 1 unspecified atom stereocenters. The van der Waals surface area contributed by atoms with Crippen LogP contribution in [0.15, 0.2) is 6.07 Å². The number of aryl methyl sites for hydroxylation is 2. The monoisotopic (exact) mass is 328 g/mol. The van der Waals surface area contributed by atoms with E-state index in [1.165, 1.54) is 24.2 Å². The molecule has 1 atom stereocenters. The number of carbonyl (C=O) groups excluding carboxylic acids is 1. The molecule has 1 amide bonds. The van der Waals surface area contributed by atoms with Crippen molar-refractivity contribution in [3.05, 3.63) is 16.6 Å². The van der Waals surface area contributed by atoms with Crippen LogP contribution in [-0.4, -0.2) is 35.3 Å². The van der Waals surface area contributed by atoms with Crippen LogP contribution in [-0.2, 0) is 7.05 Å². The summed E-state index contributed by atoms with van der Waals surface area (Å²) in [5, 5.41) is 11.9. The van der Waals surface area contributed by atoms with E-state index in [1.54, 1.807) is 0 Å². The van der Waals surface area contributed by atoms with Gasteiger partial charge in [0.1, 0.15) is 4.83 Å². The van der Waals surface area contributed by atoms with E-state index in [-0.39, 0.29) is 18.3 Å². The molecule has 7 heteroatoms. The third-order valence-corrected chi connectivity index (χ3v) is 5.07. The van der Waals surface area contributed by atoms with E-state index in [0.29, 0.717) is 5.92 Å². The summed E-state index contributed by atoms with van der Waals surface area (Å²) in [6, 6.07) is 1.96. The van der Waals surface area contributed by atoms with Crippen molar-refractivity contribution >= 4 is 39.9 Å². The Balaban J connectivity index is 0.00000161. The van der Waals surface area contributed by atoms with Crippen molar-refractivity contribution in [2.24, 2.45) is 13.0 Å². The van der Waals surface area contributed by atoms with Gasteiger partial charge in [-0.3, -0.25) is 9.48 Å². The molecule has 0 bridgehead atoms. The lowest BCUT2D eigenvalue weighted by Crippen LogP contribution is -2.37. The molecule has 1 aliphatic rings. The molecule has 3 heterocycles. The second-order valence-electron chi connectivity index (χ2n) is 5.46. The summed E-state index contributed by atoms with van der Waals surface area (Å²) in [6.45, 7) is 4.85. The zero-order valence-electron chi connectivity index (χ0n) is 12.3. The summed E-state index contributed by atoms with van der Waals surface area (Å²) in [5.74, 6) is 0.599. The van der Waals surface area contributed by atoms with Gasteiger partial charge in [0.2, 0.25) is 0 Å². The highest BCUT2D eigenvalue weighted by atomic mass is 35.5. The first kappa shape index (κ1) is 16.3. The Morgan fingerprint density at radius 1 is 1.62 bits per heavy atom. The average Bonchev–Trinajstić information content (AvgIpc) is 3.00. The van der Waals surface area contributed by atoms with Crippen LogP contribution in [0.1, 0.15) is 28.2 Å². The van der Waals surface area contributed by atoms with E-state index in [2.05, 4.69) is 15.7 Å². The standard InChI is InChI=1S/C14H20N4OS.ClH/c1-9-11-6-12(20-14(11)18(2)17-9)13(19)16-8-10-4-3-5-15-7-10;/h6,10,15H,3-5,7-8H2,1-2H3,(H,16,19);1H. The van der Waals surface area contributed by atoms with Crippen molar-refractivity contribution < 1.29 is 4.79 Å². The van der Waals surface area contributed by atoms with Crippen LogP contribution in [0.4, 0.5) is 0 Å². The first-order valence-electron chi connectivity index (χ1n) is 7.07. The van der Waals surface area contributed by atoms with E-state index in [9.17, 15) is 4.79 Å². The molecule has 1 saturated heterocycles. The van der Waals surface area contributed by atoms with Gasteiger partial charge < -0.3 is 10.6 Å². The largest absolute Gasteiger partial charge is 0.351 e. The maximum atomic E-state index is 12.2. The first-order chi connectivity index (χ1) is 9.65. The second-order valence-corrected chi connectivity index (χ2v) is 6.49. The number of fused-ring (bicyclic) bond motifs is 1. The van der Waals surface area contributed by atoms with Crippen LogP contribution in [0.5, 0.6) is 0 Å². The normalized spacial score (nSPS) is 18.5. The van der Waals surface area contributed by atoms with E-state index in [4.69, 9.17) is 0 Å². The Kier molecular flexibility index (Phi) is 5.24. The fraction of sp³-hybridized carbons (Fsp3) is 0.571. The SMILES string of the molecule is Cc1nn(C)c2sc(C(=O)NCC3CCCNC3)cc12.Cl. The van der Waals surface area contributed by atoms with E-state index in [1.807, 2.05) is 24.7 Å². The number of thiophene rings is 1. The minimum atomic E-state index is 0. The topological polar surface area (TPSA) is 59.0 Å². The Hall–Kier alpha value is -1.11. The molecule has 1 fully saturated rings. The summed E-state index contributed by atoms with van der Waals surface area (Å²) in [6.07, 6.45) is 2.40. The number of halogens is 1. The number of carbonyl (C=O) groups is 1. The lowest BCUT2D eigenvalue weighted by Gasteiger charge is -2.22. The van der Waals surface area contributed by atoms with Gasteiger partial charge >= 0.3 is 0 Å². The van der Waals surface area contributed by atoms with Gasteiger partial charge in [-0.15, -0.1) is 23.7 Å². The molecular weight excluding hydrogens is 308 g/mol. The van der Waals surface area contributed by atoms with Gasteiger partial charge in [0.15, 0.2) is 0 Å². The van der Waals surface area contributed by atoms with E-state index >= 15 is 0 Å². The number of nitrogens with zero attached hydrogens (tertiary/aromatic N) is 2. The van der Waals surface area contributed by atoms with Crippen molar-refractivity contribution in [1.82, 2.24) is 20.4 Å². The molecule has 0 saturated carbocycles. The van der Waals surface area contributed by atoms with Crippen LogP contribution < -0.4 is 10.6 Å². The smallest absolute Gasteiger partial charge is 0.261 e. The van der Waals surface area contributed by atoms with Crippen LogP contribution in [0.3, 0.4) is 0 Å². The van der Waals surface area contributed by atoms with Crippen molar-refractivity contribution in [3.8, 4) is 0 Å².